The molecule has 12 heavy (non-hydrogen) atoms. The average molecular weight is 182 g/mol. The largest absolute Gasteiger partial charge is 0.207 e. The van der Waals surface area contributed by atoms with Crippen molar-refractivity contribution >= 4 is 17.6 Å². The van der Waals surface area contributed by atoms with E-state index in [-0.39, 0.29) is 5.82 Å². The van der Waals surface area contributed by atoms with Crippen LogP contribution in [0.4, 0.5) is 4.39 Å². The fourth-order valence-electron chi connectivity index (χ4n) is 1.07. The number of halogens is 1. The molecule has 1 aromatic rings. The third-order valence-corrected chi connectivity index (χ3v) is 2.08. The van der Waals surface area contributed by atoms with Gasteiger partial charge in [-0.3, -0.25) is 0 Å². The van der Waals surface area contributed by atoms with Crippen molar-refractivity contribution in [2.45, 2.75) is 19.3 Å². The highest BCUT2D eigenvalue weighted by Crippen LogP contribution is 2.17. The lowest BCUT2D eigenvalue weighted by atomic mass is 9.99. The summed E-state index contributed by atoms with van der Waals surface area (Å²) in [7, 11) is 0. The Morgan fingerprint density at radius 3 is 2.50 bits per heavy atom. The van der Waals surface area contributed by atoms with E-state index in [0.717, 1.165) is 12.0 Å². The van der Waals surface area contributed by atoms with Gasteiger partial charge in [-0.15, -0.1) is 0 Å². The van der Waals surface area contributed by atoms with Crippen LogP contribution in [0.2, 0.25) is 0 Å². The molecule has 1 rings (SSSR count). The minimum atomic E-state index is -0.187. The lowest BCUT2D eigenvalue weighted by Crippen LogP contribution is -1.93. The number of hydrogen-bond donors (Lipinski definition) is 0. The molecule has 0 fully saturated rings. The molecule has 0 heterocycles. The van der Waals surface area contributed by atoms with Gasteiger partial charge in [-0.2, -0.15) is 0 Å². The monoisotopic (exact) mass is 182 g/mol. The van der Waals surface area contributed by atoms with Gasteiger partial charge >= 0.3 is 0 Å². The average Bonchev–Trinajstić information content (AvgIpc) is 2.06. The van der Waals surface area contributed by atoms with E-state index < -0.39 is 0 Å². The predicted molar refractivity (Wildman–Crippen MR) is 53.1 cm³/mol. The highest BCUT2D eigenvalue weighted by atomic mass is 32.1. The van der Waals surface area contributed by atoms with Crippen LogP contribution < -0.4 is 0 Å². The number of thiocarbonyl (C=S) groups is 1. The van der Waals surface area contributed by atoms with Crippen LogP contribution in [0.15, 0.2) is 24.3 Å². The number of benzene rings is 1. The van der Waals surface area contributed by atoms with Gasteiger partial charge in [0, 0.05) is 0 Å². The second-order valence-corrected chi connectivity index (χ2v) is 3.19. The van der Waals surface area contributed by atoms with Gasteiger partial charge in [-0.05, 0) is 35.4 Å². The zero-order valence-corrected chi connectivity index (χ0v) is 7.77. The van der Waals surface area contributed by atoms with Crippen LogP contribution in [-0.4, -0.2) is 5.37 Å². The van der Waals surface area contributed by atoms with E-state index in [9.17, 15) is 4.39 Å². The van der Waals surface area contributed by atoms with Crippen molar-refractivity contribution in [3.05, 3.63) is 35.6 Å². The van der Waals surface area contributed by atoms with Crippen LogP contribution in [0, 0.1) is 5.82 Å². The highest BCUT2D eigenvalue weighted by Gasteiger charge is 2.02. The van der Waals surface area contributed by atoms with Crippen molar-refractivity contribution in [2.75, 3.05) is 0 Å². The molecule has 64 valence electrons. The third-order valence-electron chi connectivity index (χ3n) is 1.89. The summed E-state index contributed by atoms with van der Waals surface area (Å²) in [5.74, 6) is 0.205. The molecule has 1 atom stereocenters. The van der Waals surface area contributed by atoms with Gasteiger partial charge in [-0.25, -0.2) is 4.39 Å². The van der Waals surface area contributed by atoms with Crippen LogP contribution in [0.3, 0.4) is 0 Å². The molecule has 0 nitrogen and oxygen atoms in total. The van der Waals surface area contributed by atoms with Crippen LogP contribution in [0.5, 0.6) is 0 Å². The molecule has 0 saturated carbocycles. The lowest BCUT2D eigenvalue weighted by Gasteiger charge is -2.07. The predicted octanol–water partition coefficient (Wildman–Crippen LogP) is 3.32. The summed E-state index contributed by atoms with van der Waals surface area (Å²) in [4.78, 5) is 0. The van der Waals surface area contributed by atoms with Crippen molar-refractivity contribution in [3.63, 3.8) is 0 Å². The summed E-state index contributed by atoms with van der Waals surface area (Å²) in [5, 5.41) is 1.72. The second kappa shape index (κ2) is 4.31. The molecule has 0 N–H and O–H groups in total. The van der Waals surface area contributed by atoms with Gasteiger partial charge in [0.05, 0.1) is 0 Å². The first kappa shape index (κ1) is 9.33. The molecule has 0 aromatic heterocycles. The molecule has 0 spiro atoms. The number of rotatable bonds is 3. The van der Waals surface area contributed by atoms with Crippen molar-refractivity contribution < 1.29 is 4.39 Å². The molecule has 1 aromatic carbocycles. The molecule has 2 heteroatoms. The second-order valence-electron chi connectivity index (χ2n) is 2.85. The summed E-state index contributed by atoms with van der Waals surface area (Å²) < 4.78 is 12.5. The Labute approximate surface area is 77.4 Å². The maximum Gasteiger partial charge on any atom is 0.123 e. The molecule has 0 radical (unpaired) electrons. The van der Waals surface area contributed by atoms with Crippen molar-refractivity contribution in [1.29, 1.82) is 0 Å². The van der Waals surface area contributed by atoms with E-state index in [1.165, 1.54) is 12.1 Å². The van der Waals surface area contributed by atoms with Crippen LogP contribution in [0.1, 0.15) is 24.8 Å². The first-order valence-electron chi connectivity index (χ1n) is 3.93. The van der Waals surface area contributed by atoms with E-state index in [2.05, 4.69) is 6.92 Å². The summed E-state index contributed by atoms with van der Waals surface area (Å²) >= 11 is 4.75. The smallest absolute Gasteiger partial charge is 0.123 e. The van der Waals surface area contributed by atoms with E-state index in [4.69, 9.17) is 12.2 Å². The van der Waals surface area contributed by atoms with Crippen molar-refractivity contribution in [1.82, 2.24) is 0 Å². The van der Waals surface area contributed by atoms with Gasteiger partial charge in [0.25, 0.3) is 0 Å². The van der Waals surface area contributed by atoms with Gasteiger partial charge in [0.15, 0.2) is 0 Å². The molecule has 0 aliphatic heterocycles. The molecular formula is C10H11FS. The van der Waals surface area contributed by atoms with Gasteiger partial charge < -0.3 is 0 Å². The van der Waals surface area contributed by atoms with E-state index in [1.54, 1.807) is 17.5 Å². The topological polar surface area (TPSA) is 0 Å². The first-order chi connectivity index (χ1) is 5.74. The molecule has 0 saturated heterocycles. The van der Waals surface area contributed by atoms with Crippen LogP contribution in [-0.2, 0) is 0 Å². The van der Waals surface area contributed by atoms with Gasteiger partial charge in [0.2, 0.25) is 0 Å². The Morgan fingerprint density at radius 2 is 2.00 bits per heavy atom. The SMILES string of the molecule is CC(CC=S)c1ccc(F)cc1. The molecule has 0 amide bonds. The molecule has 1 unspecified atom stereocenters. The Morgan fingerprint density at radius 1 is 1.42 bits per heavy atom. The fraction of sp³-hybridized carbons (Fsp3) is 0.300. The minimum Gasteiger partial charge on any atom is -0.207 e. The summed E-state index contributed by atoms with van der Waals surface area (Å²) in [5.41, 5.74) is 1.14. The Balaban J connectivity index is 2.74. The third kappa shape index (κ3) is 2.38. The maximum atomic E-state index is 12.5. The quantitative estimate of drug-likeness (QED) is 0.646. The zero-order valence-electron chi connectivity index (χ0n) is 6.96. The Bertz CT molecular complexity index is 253. The summed E-state index contributed by atoms with van der Waals surface area (Å²) in [6.07, 6.45) is 0.862. The molecule has 0 aliphatic carbocycles. The van der Waals surface area contributed by atoms with Crippen molar-refractivity contribution in [3.8, 4) is 0 Å². The lowest BCUT2D eigenvalue weighted by molar-refractivity contribution is 0.626. The Hall–Kier alpha value is -0.760. The first-order valence-corrected chi connectivity index (χ1v) is 4.40. The van der Waals surface area contributed by atoms with Crippen LogP contribution >= 0.6 is 12.2 Å². The van der Waals surface area contributed by atoms with Gasteiger partial charge in [-0.1, -0.05) is 31.3 Å². The normalized spacial score (nSPS) is 12.5. The summed E-state index contributed by atoms with van der Waals surface area (Å²) in [6, 6.07) is 6.57. The number of hydrogen-bond acceptors (Lipinski definition) is 1. The van der Waals surface area contributed by atoms with Crippen LogP contribution in [0.25, 0.3) is 0 Å². The standard InChI is InChI=1S/C10H11FS/c1-8(6-7-12)9-2-4-10(11)5-3-9/h2-5,7-8H,6H2,1H3. The van der Waals surface area contributed by atoms with E-state index in [0.29, 0.717) is 5.92 Å². The summed E-state index contributed by atoms with van der Waals surface area (Å²) in [6.45, 7) is 2.08. The highest BCUT2D eigenvalue weighted by molar-refractivity contribution is 7.78. The molecule has 0 aliphatic rings. The zero-order chi connectivity index (χ0) is 8.97. The molecule has 0 bridgehead atoms. The maximum absolute atomic E-state index is 12.5. The molecular weight excluding hydrogens is 171 g/mol. The Kier molecular flexibility index (Phi) is 3.35. The fourth-order valence-corrected chi connectivity index (χ4v) is 1.36. The van der Waals surface area contributed by atoms with E-state index in [1.807, 2.05) is 0 Å². The van der Waals surface area contributed by atoms with Crippen molar-refractivity contribution in [2.24, 2.45) is 0 Å². The minimum absolute atomic E-state index is 0.187. The van der Waals surface area contributed by atoms with E-state index >= 15 is 0 Å². The van der Waals surface area contributed by atoms with Gasteiger partial charge in [0.1, 0.15) is 5.82 Å².